The van der Waals surface area contributed by atoms with Crippen molar-refractivity contribution in [2.75, 3.05) is 6.54 Å². The van der Waals surface area contributed by atoms with Crippen LogP contribution in [0.5, 0.6) is 0 Å². The predicted octanol–water partition coefficient (Wildman–Crippen LogP) is 2.14. The molecule has 1 aliphatic carbocycles. The largest absolute Gasteiger partial charge is 0.476 e. The first-order valence-electron chi connectivity index (χ1n) is 6.13. The maximum atomic E-state index is 10.7. The van der Waals surface area contributed by atoms with E-state index < -0.39 is 5.97 Å². The van der Waals surface area contributed by atoms with Crippen LogP contribution in [0, 0.1) is 0 Å². The van der Waals surface area contributed by atoms with Crippen LogP contribution in [0.2, 0.25) is 0 Å². The van der Waals surface area contributed by atoms with Gasteiger partial charge in [0.2, 0.25) is 0 Å². The number of carboxylic acid groups (broad SMARTS) is 1. The van der Waals surface area contributed by atoms with Crippen LogP contribution in [0.15, 0.2) is 10.6 Å². The average molecular weight is 238 g/mol. The summed E-state index contributed by atoms with van der Waals surface area (Å²) in [6.07, 6.45) is 4.81. The lowest BCUT2D eigenvalue weighted by Gasteiger charge is -2.19. The van der Waals surface area contributed by atoms with Gasteiger partial charge in [0.1, 0.15) is 0 Å². The first-order chi connectivity index (χ1) is 8.20. The molecular weight excluding hydrogens is 220 g/mol. The molecule has 17 heavy (non-hydrogen) atoms. The fraction of sp³-hybridized carbons (Fsp3) is 0.667. The minimum atomic E-state index is -1.04. The van der Waals surface area contributed by atoms with Crippen molar-refractivity contribution in [2.45, 2.75) is 45.2 Å². The van der Waals surface area contributed by atoms with Crippen molar-refractivity contribution in [2.24, 2.45) is 0 Å². The lowest BCUT2D eigenvalue weighted by atomic mass is 10.3. The molecule has 0 unspecified atom stereocenters. The molecule has 5 heteroatoms. The van der Waals surface area contributed by atoms with Crippen molar-refractivity contribution in [1.29, 1.82) is 0 Å². The second-order valence-corrected chi connectivity index (χ2v) is 4.54. The van der Waals surface area contributed by atoms with Crippen LogP contribution in [-0.2, 0) is 6.54 Å². The van der Waals surface area contributed by atoms with Gasteiger partial charge in [-0.15, -0.1) is 0 Å². The number of hydrogen-bond donors (Lipinski definition) is 1. The maximum Gasteiger partial charge on any atom is 0.358 e. The molecule has 5 nitrogen and oxygen atoms in total. The standard InChI is InChI=1S/C12H18N2O3/c1-2-3-6-14(9-4-5-9)8-10-7-11(12(15)16)13-17-10/h7,9H,2-6,8H2,1H3,(H,15,16). The zero-order chi connectivity index (χ0) is 12.3. The summed E-state index contributed by atoms with van der Waals surface area (Å²) < 4.78 is 5.04. The molecule has 0 amide bonds. The van der Waals surface area contributed by atoms with Gasteiger partial charge in [-0.1, -0.05) is 18.5 Å². The van der Waals surface area contributed by atoms with E-state index >= 15 is 0 Å². The van der Waals surface area contributed by atoms with Crippen LogP contribution >= 0.6 is 0 Å². The third kappa shape index (κ3) is 3.30. The molecule has 94 valence electrons. The third-order valence-electron chi connectivity index (χ3n) is 3.00. The van der Waals surface area contributed by atoms with Gasteiger partial charge in [-0.2, -0.15) is 0 Å². The first kappa shape index (κ1) is 12.1. The van der Waals surface area contributed by atoms with Crippen LogP contribution in [0.4, 0.5) is 0 Å². The van der Waals surface area contributed by atoms with E-state index in [1.54, 1.807) is 0 Å². The van der Waals surface area contributed by atoms with Crippen molar-refractivity contribution in [3.8, 4) is 0 Å². The fourth-order valence-electron chi connectivity index (χ4n) is 1.88. The van der Waals surface area contributed by atoms with Gasteiger partial charge in [-0.3, -0.25) is 4.90 Å². The Labute approximate surface area is 100 Å². The molecule has 0 atom stereocenters. The maximum absolute atomic E-state index is 10.7. The molecule has 1 heterocycles. The number of nitrogens with zero attached hydrogens (tertiary/aromatic N) is 2. The Balaban J connectivity index is 1.93. The topological polar surface area (TPSA) is 66.6 Å². The van der Waals surface area contributed by atoms with E-state index in [2.05, 4.69) is 17.0 Å². The molecule has 0 saturated heterocycles. The van der Waals surface area contributed by atoms with Gasteiger partial charge in [0, 0.05) is 12.1 Å². The van der Waals surface area contributed by atoms with Crippen LogP contribution in [0.3, 0.4) is 0 Å². The molecule has 1 aromatic rings. The normalized spacial score (nSPS) is 15.4. The Kier molecular flexibility index (Phi) is 3.78. The summed E-state index contributed by atoms with van der Waals surface area (Å²) in [4.78, 5) is 13.0. The molecule has 0 bridgehead atoms. The molecule has 1 fully saturated rings. The Morgan fingerprint density at radius 2 is 2.41 bits per heavy atom. The van der Waals surface area contributed by atoms with Gasteiger partial charge >= 0.3 is 5.97 Å². The average Bonchev–Trinajstić information content (AvgIpc) is 3.04. The number of rotatable bonds is 7. The molecule has 0 radical (unpaired) electrons. The number of carbonyl (C=O) groups is 1. The minimum absolute atomic E-state index is 0.00811. The quantitative estimate of drug-likeness (QED) is 0.788. The smallest absolute Gasteiger partial charge is 0.358 e. The van der Waals surface area contributed by atoms with Crippen LogP contribution in [0.1, 0.15) is 48.9 Å². The van der Waals surface area contributed by atoms with Gasteiger partial charge < -0.3 is 9.63 Å². The Morgan fingerprint density at radius 1 is 1.65 bits per heavy atom. The molecule has 1 aromatic heterocycles. The van der Waals surface area contributed by atoms with E-state index in [0.717, 1.165) is 13.0 Å². The SMILES string of the molecule is CCCCN(Cc1cc(C(=O)O)no1)C1CC1. The summed E-state index contributed by atoms with van der Waals surface area (Å²) in [5.74, 6) is -0.392. The summed E-state index contributed by atoms with van der Waals surface area (Å²) in [5.41, 5.74) is -0.00811. The Morgan fingerprint density at radius 3 is 2.94 bits per heavy atom. The molecule has 0 aromatic carbocycles. The molecule has 0 aliphatic heterocycles. The van der Waals surface area contributed by atoms with E-state index in [-0.39, 0.29) is 5.69 Å². The van der Waals surface area contributed by atoms with Gasteiger partial charge in [0.05, 0.1) is 6.54 Å². The summed E-state index contributed by atoms with van der Waals surface area (Å²) in [6.45, 7) is 3.89. The van der Waals surface area contributed by atoms with Crippen LogP contribution in [0.25, 0.3) is 0 Å². The molecule has 1 saturated carbocycles. The van der Waals surface area contributed by atoms with E-state index in [4.69, 9.17) is 9.63 Å². The van der Waals surface area contributed by atoms with Crippen LogP contribution < -0.4 is 0 Å². The van der Waals surface area contributed by atoms with Crippen molar-refractivity contribution in [3.63, 3.8) is 0 Å². The monoisotopic (exact) mass is 238 g/mol. The van der Waals surface area contributed by atoms with Gasteiger partial charge in [-0.25, -0.2) is 4.79 Å². The van der Waals surface area contributed by atoms with E-state index in [1.165, 1.54) is 25.3 Å². The number of carboxylic acids is 1. The zero-order valence-corrected chi connectivity index (χ0v) is 10.1. The molecular formula is C12H18N2O3. The van der Waals surface area contributed by atoms with E-state index in [1.807, 2.05) is 0 Å². The number of aromatic carboxylic acids is 1. The second-order valence-electron chi connectivity index (χ2n) is 4.54. The molecule has 1 aliphatic rings. The third-order valence-corrected chi connectivity index (χ3v) is 3.00. The summed E-state index contributed by atoms with van der Waals surface area (Å²) in [5, 5.41) is 12.3. The molecule has 0 spiro atoms. The molecule has 1 N–H and O–H groups in total. The summed E-state index contributed by atoms with van der Waals surface area (Å²) >= 11 is 0. The first-order valence-corrected chi connectivity index (χ1v) is 6.13. The highest BCUT2D eigenvalue weighted by Crippen LogP contribution is 2.28. The summed E-state index contributed by atoms with van der Waals surface area (Å²) in [7, 11) is 0. The fourth-order valence-corrected chi connectivity index (χ4v) is 1.88. The van der Waals surface area contributed by atoms with Crippen molar-refractivity contribution < 1.29 is 14.4 Å². The number of hydrogen-bond acceptors (Lipinski definition) is 4. The van der Waals surface area contributed by atoms with Gasteiger partial charge in [0.25, 0.3) is 0 Å². The van der Waals surface area contributed by atoms with Crippen molar-refractivity contribution in [1.82, 2.24) is 10.1 Å². The van der Waals surface area contributed by atoms with E-state index in [0.29, 0.717) is 18.3 Å². The van der Waals surface area contributed by atoms with E-state index in [9.17, 15) is 4.79 Å². The van der Waals surface area contributed by atoms with Gasteiger partial charge in [-0.05, 0) is 25.8 Å². The minimum Gasteiger partial charge on any atom is -0.476 e. The number of unbranched alkanes of at least 4 members (excludes halogenated alkanes) is 1. The molecule has 2 rings (SSSR count). The summed E-state index contributed by atoms with van der Waals surface area (Å²) in [6, 6.07) is 2.17. The lowest BCUT2D eigenvalue weighted by molar-refractivity contribution is 0.0685. The predicted molar refractivity (Wildman–Crippen MR) is 61.8 cm³/mol. The highest BCUT2D eigenvalue weighted by Gasteiger charge is 2.29. The second kappa shape index (κ2) is 5.31. The highest BCUT2D eigenvalue weighted by molar-refractivity contribution is 5.85. The zero-order valence-electron chi connectivity index (χ0n) is 10.1. The Bertz CT molecular complexity index is 385. The highest BCUT2D eigenvalue weighted by atomic mass is 16.5. The van der Waals surface area contributed by atoms with Crippen molar-refractivity contribution in [3.05, 3.63) is 17.5 Å². The van der Waals surface area contributed by atoms with Crippen molar-refractivity contribution >= 4 is 5.97 Å². The Hall–Kier alpha value is -1.36. The number of aromatic nitrogens is 1. The lowest BCUT2D eigenvalue weighted by Crippen LogP contribution is -2.26. The van der Waals surface area contributed by atoms with Gasteiger partial charge in [0.15, 0.2) is 11.5 Å². The van der Waals surface area contributed by atoms with Crippen LogP contribution in [-0.4, -0.2) is 33.7 Å².